The lowest BCUT2D eigenvalue weighted by Crippen LogP contribution is -2.23. The molecule has 1 atom stereocenters. The van der Waals surface area contributed by atoms with Crippen molar-refractivity contribution < 1.29 is 19.2 Å². The van der Waals surface area contributed by atoms with Gasteiger partial charge in [0, 0.05) is 35.8 Å². The first-order valence-electron chi connectivity index (χ1n) is 11.7. The zero-order valence-electron chi connectivity index (χ0n) is 18.8. The van der Waals surface area contributed by atoms with E-state index in [0.29, 0.717) is 37.0 Å². The summed E-state index contributed by atoms with van der Waals surface area (Å²) in [6.07, 6.45) is 7.34. The highest BCUT2D eigenvalue weighted by Gasteiger charge is 2.41. The molecule has 7 heteroatoms. The second kappa shape index (κ2) is 9.82. The van der Waals surface area contributed by atoms with E-state index < -0.39 is 0 Å². The van der Waals surface area contributed by atoms with Crippen LogP contribution < -0.4 is 0 Å². The molecule has 2 aliphatic rings. The zero-order chi connectivity index (χ0) is 22.0. The van der Waals surface area contributed by atoms with Crippen LogP contribution in [0, 0.1) is 11.8 Å². The maximum atomic E-state index is 12.0. The number of thiazole rings is 1. The molecule has 0 radical (unpaired) electrons. The van der Waals surface area contributed by atoms with Gasteiger partial charge in [-0.1, -0.05) is 19.0 Å². The molecule has 0 saturated heterocycles. The van der Waals surface area contributed by atoms with Gasteiger partial charge < -0.3 is 14.4 Å². The minimum absolute atomic E-state index is 0.0471. The van der Waals surface area contributed by atoms with Crippen LogP contribution in [0.25, 0.3) is 0 Å². The molecule has 2 aromatic heterocycles. The topological polar surface area (TPSA) is 85.5 Å². The van der Waals surface area contributed by atoms with Crippen LogP contribution in [0.2, 0.25) is 0 Å². The Morgan fingerprint density at radius 1 is 1.32 bits per heavy atom. The van der Waals surface area contributed by atoms with Gasteiger partial charge in [0.2, 0.25) is 0 Å². The number of esters is 1. The Balaban J connectivity index is 1.51. The average molecular weight is 447 g/mol. The highest BCUT2D eigenvalue weighted by atomic mass is 32.1. The van der Waals surface area contributed by atoms with Crippen LogP contribution in [0.3, 0.4) is 0 Å². The molecule has 0 bridgehead atoms. The second-order valence-electron chi connectivity index (χ2n) is 9.54. The van der Waals surface area contributed by atoms with Gasteiger partial charge in [0.1, 0.15) is 5.76 Å². The molecule has 1 unspecified atom stereocenters. The van der Waals surface area contributed by atoms with Crippen LogP contribution in [0.5, 0.6) is 0 Å². The van der Waals surface area contributed by atoms with Crippen molar-refractivity contribution in [2.75, 3.05) is 13.2 Å². The monoisotopic (exact) mass is 446 g/mol. The fourth-order valence-corrected chi connectivity index (χ4v) is 5.75. The molecule has 2 heterocycles. The smallest absolute Gasteiger partial charge is 0.357 e. The molecule has 2 saturated carbocycles. The van der Waals surface area contributed by atoms with E-state index >= 15 is 0 Å². The van der Waals surface area contributed by atoms with Crippen molar-refractivity contribution in [3.8, 4) is 0 Å². The van der Waals surface area contributed by atoms with Crippen molar-refractivity contribution in [1.29, 1.82) is 0 Å². The maximum absolute atomic E-state index is 12.0. The summed E-state index contributed by atoms with van der Waals surface area (Å²) in [5.74, 6) is 3.35. The highest BCUT2D eigenvalue weighted by Crippen LogP contribution is 2.52. The third-order valence-electron chi connectivity index (χ3n) is 6.50. The molecule has 2 aliphatic carbocycles. The molecule has 1 N–H and O–H groups in total. The number of aliphatic hydroxyl groups is 1. The molecular formula is C24H34N2O4S. The van der Waals surface area contributed by atoms with Gasteiger partial charge in [0.15, 0.2) is 5.69 Å². The van der Waals surface area contributed by atoms with Gasteiger partial charge in [0.05, 0.1) is 17.3 Å². The van der Waals surface area contributed by atoms with Gasteiger partial charge in [0.25, 0.3) is 0 Å². The van der Waals surface area contributed by atoms with E-state index in [2.05, 4.69) is 24.0 Å². The van der Waals surface area contributed by atoms with E-state index in [-0.39, 0.29) is 18.5 Å². The van der Waals surface area contributed by atoms with E-state index in [0.717, 1.165) is 28.3 Å². The first-order chi connectivity index (χ1) is 15.0. The summed E-state index contributed by atoms with van der Waals surface area (Å²) >= 11 is 1.47. The van der Waals surface area contributed by atoms with Crippen LogP contribution in [-0.2, 0) is 11.2 Å². The Morgan fingerprint density at radius 2 is 2.10 bits per heavy atom. The number of carbonyl (C=O) groups is 1. The van der Waals surface area contributed by atoms with E-state index in [9.17, 15) is 9.90 Å². The number of aromatic nitrogens is 2. The van der Waals surface area contributed by atoms with Crippen LogP contribution in [0.4, 0.5) is 0 Å². The number of nitrogens with zero attached hydrogens (tertiary/aromatic N) is 2. The lowest BCUT2D eigenvalue weighted by Gasteiger charge is -2.35. The highest BCUT2D eigenvalue weighted by molar-refractivity contribution is 7.09. The van der Waals surface area contributed by atoms with Crippen LogP contribution in [0.15, 0.2) is 9.90 Å². The van der Waals surface area contributed by atoms with Gasteiger partial charge in [-0.15, -0.1) is 11.3 Å². The van der Waals surface area contributed by atoms with Gasteiger partial charge in [-0.05, 0) is 63.2 Å². The summed E-state index contributed by atoms with van der Waals surface area (Å²) in [5.41, 5.74) is 2.68. The van der Waals surface area contributed by atoms with Gasteiger partial charge >= 0.3 is 5.97 Å². The predicted molar refractivity (Wildman–Crippen MR) is 120 cm³/mol. The average Bonchev–Trinajstić information content (AvgIpc) is 3.27. The Bertz CT molecular complexity index is 880. The van der Waals surface area contributed by atoms with E-state index in [1.165, 1.54) is 49.0 Å². The molecule has 2 aromatic rings. The number of hydrogen-bond acceptors (Lipinski definition) is 7. The minimum atomic E-state index is -0.382. The van der Waals surface area contributed by atoms with Gasteiger partial charge in [-0.25, -0.2) is 9.78 Å². The molecule has 6 nitrogen and oxygen atoms in total. The number of carbonyl (C=O) groups excluding carboxylic acids is 1. The standard InChI is InChI=1S/C24H34N2O4S/c1-4-29-24(28)19-13-31-20(25-19)12-17(7-8-27)22-21(16-5-6-16)23(30-26-22)18-10-15(11-18)9-14(2)3/h13-18,27H,4-12H2,1-3H3. The summed E-state index contributed by atoms with van der Waals surface area (Å²) in [5, 5.41) is 16.9. The number of rotatable bonds is 11. The zero-order valence-corrected chi connectivity index (χ0v) is 19.6. The SMILES string of the molecule is CCOC(=O)c1csc(CC(CCO)c2noc(C3CC(CC(C)C)C3)c2C2CC2)n1. The first-order valence-corrected chi connectivity index (χ1v) is 12.6. The molecular weight excluding hydrogens is 412 g/mol. The van der Waals surface area contributed by atoms with Crippen LogP contribution >= 0.6 is 11.3 Å². The van der Waals surface area contributed by atoms with Crippen LogP contribution in [0.1, 0.15) is 110 Å². The van der Waals surface area contributed by atoms with E-state index in [4.69, 9.17) is 9.26 Å². The third-order valence-corrected chi connectivity index (χ3v) is 7.37. The molecule has 0 aliphatic heterocycles. The quantitative estimate of drug-likeness (QED) is 0.463. The Kier molecular flexibility index (Phi) is 7.12. The fraction of sp³-hybridized carbons (Fsp3) is 0.708. The second-order valence-corrected chi connectivity index (χ2v) is 10.5. The Hall–Kier alpha value is -1.73. The lowest BCUT2D eigenvalue weighted by atomic mass is 9.69. The van der Waals surface area contributed by atoms with Gasteiger partial charge in [-0.2, -0.15) is 0 Å². The molecule has 0 aromatic carbocycles. The maximum Gasteiger partial charge on any atom is 0.357 e. The van der Waals surface area contributed by atoms with Crippen LogP contribution in [-0.4, -0.2) is 34.4 Å². The minimum Gasteiger partial charge on any atom is -0.461 e. The summed E-state index contributed by atoms with van der Waals surface area (Å²) in [4.78, 5) is 16.4. The van der Waals surface area contributed by atoms with Crippen molar-refractivity contribution in [2.24, 2.45) is 11.8 Å². The number of ether oxygens (including phenoxy) is 1. The molecule has 4 rings (SSSR count). The number of aliphatic hydroxyl groups excluding tert-OH is 1. The molecule has 2 fully saturated rings. The first kappa shape index (κ1) is 22.5. The normalized spacial score (nSPS) is 21.8. The number of hydrogen-bond donors (Lipinski definition) is 1. The molecule has 0 amide bonds. The Morgan fingerprint density at radius 3 is 2.74 bits per heavy atom. The lowest BCUT2D eigenvalue weighted by molar-refractivity contribution is 0.0520. The molecule has 31 heavy (non-hydrogen) atoms. The van der Waals surface area contributed by atoms with Crippen molar-refractivity contribution in [3.05, 3.63) is 33.1 Å². The summed E-state index contributed by atoms with van der Waals surface area (Å²) in [7, 11) is 0. The Labute approximate surface area is 188 Å². The fourth-order valence-electron chi connectivity index (χ4n) is 4.91. The summed E-state index contributed by atoms with van der Waals surface area (Å²) < 4.78 is 11.0. The third kappa shape index (κ3) is 5.20. The largest absolute Gasteiger partial charge is 0.461 e. The molecule has 0 spiro atoms. The van der Waals surface area contributed by atoms with Gasteiger partial charge in [-0.3, -0.25) is 0 Å². The van der Waals surface area contributed by atoms with Crippen molar-refractivity contribution in [2.45, 2.75) is 83.5 Å². The summed E-state index contributed by atoms with van der Waals surface area (Å²) in [6, 6.07) is 0. The van der Waals surface area contributed by atoms with Crippen molar-refractivity contribution in [3.63, 3.8) is 0 Å². The summed E-state index contributed by atoms with van der Waals surface area (Å²) in [6.45, 7) is 6.80. The predicted octanol–water partition coefficient (Wildman–Crippen LogP) is 5.43. The molecule has 170 valence electrons. The van der Waals surface area contributed by atoms with E-state index in [1.807, 2.05) is 0 Å². The van der Waals surface area contributed by atoms with Crippen molar-refractivity contribution >= 4 is 17.3 Å². The van der Waals surface area contributed by atoms with Crippen molar-refractivity contribution in [1.82, 2.24) is 10.1 Å². The van der Waals surface area contributed by atoms with E-state index in [1.54, 1.807) is 12.3 Å².